The molecule has 22 heavy (non-hydrogen) atoms. The van der Waals surface area contributed by atoms with Crippen LogP contribution in [0.25, 0.3) is 10.2 Å². The van der Waals surface area contributed by atoms with Crippen LogP contribution in [-0.2, 0) is 0 Å². The molecule has 4 nitrogen and oxygen atoms in total. The molecule has 3 aromatic rings. The van der Waals surface area contributed by atoms with Crippen LogP contribution in [0.4, 0.5) is 11.4 Å². The molecule has 3 N–H and O–H groups in total. The van der Waals surface area contributed by atoms with Gasteiger partial charge < -0.3 is 11.1 Å². The Bertz CT molecular complexity index is 871. The number of rotatable bonds is 2. The van der Waals surface area contributed by atoms with Gasteiger partial charge >= 0.3 is 0 Å². The van der Waals surface area contributed by atoms with Gasteiger partial charge in [0.05, 0.1) is 5.69 Å². The summed E-state index contributed by atoms with van der Waals surface area (Å²) in [5.41, 5.74) is 9.26. The number of carbonyl (C=O) groups excluding carboxylic acids is 1. The van der Waals surface area contributed by atoms with E-state index in [9.17, 15) is 4.79 Å². The molecular formula is C16H14ClN3OS. The highest BCUT2D eigenvalue weighted by Gasteiger charge is 2.19. The summed E-state index contributed by atoms with van der Waals surface area (Å²) in [7, 11) is 0. The Morgan fingerprint density at radius 3 is 2.64 bits per heavy atom. The van der Waals surface area contributed by atoms with E-state index in [0.29, 0.717) is 21.3 Å². The first-order valence-electron chi connectivity index (χ1n) is 6.69. The van der Waals surface area contributed by atoms with E-state index in [0.717, 1.165) is 21.5 Å². The fourth-order valence-electron chi connectivity index (χ4n) is 2.36. The second kappa shape index (κ2) is 5.59. The van der Waals surface area contributed by atoms with Crippen LogP contribution < -0.4 is 11.1 Å². The Morgan fingerprint density at radius 2 is 1.95 bits per heavy atom. The minimum Gasteiger partial charge on any atom is -0.397 e. The van der Waals surface area contributed by atoms with Crippen LogP contribution in [0.5, 0.6) is 0 Å². The molecular weight excluding hydrogens is 318 g/mol. The molecule has 0 radical (unpaired) electrons. The number of carbonyl (C=O) groups is 1. The number of hydrogen-bond acceptors (Lipinski definition) is 4. The Morgan fingerprint density at radius 1 is 1.27 bits per heavy atom. The number of nitrogens with two attached hydrogens (primary N) is 1. The van der Waals surface area contributed by atoms with Gasteiger partial charge in [-0.15, -0.1) is 11.3 Å². The molecule has 2 aromatic heterocycles. The van der Waals surface area contributed by atoms with Crippen LogP contribution in [0.2, 0.25) is 5.02 Å². The van der Waals surface area contributed by atoms with Crippen molar-refractivity contribution in [1.29, 1.82) is 0 Å². The Balaban J connectivity index is 1.99. The zero-order valence-corrected chi connectivity index (χ0v) is 13.7. The minimum absolute atomic E-state index is 0.236. The van der Waals surface area contributed by atoms with Gasteiger partial charge in [0.25, 0.3) is 5.91 Å². The van der Waals surface area contributed by atoms with Gasteiger partial charge in [0.1, 0.15) is 9.71 Å². The first kappa shape index (κ1) is 14.8. The van der Waals surface area contributed by atoms with Gasteiger partial charge in [-0.2, -0.15) is 0 Å². The first-order chi connectivity index (χ1) is 10.5. The molecule has 0 saturated carbocycles. The molecule has 0 aliphatic heterocycles. The van der Waals surface area contributed by atoms with Gasteiger partial charge in [-0.1, -0.05) is 11.6 Å². The first-order valence-corrected chi connectivity index (χ1v) is 7.88. The monoisotopic (exact) mass is 331 g/mol. The van der Waals surface area contributed by atoms with Crippen molar-refractivity contribution in [2.75, 3.05) is 11.1 Å². The highest BCUT2D eigenvalue weighted by molar-refractivity contribution is 7.21. The van der Waals surface area contributed by atoms with Gasteiger partial charge in [0.2, 0.25) is 0 Å². The molecule has 2 heterocycles. The number of nitrogen functional groups attached to an aromatic ring is 1. The zero-order valence-electron chi connectivity index (χ0n) is 12.1. The lowest BCUT2D eigenvalue weighted by molar-refractivity contribution is 0.103. The summed E-state index contributed by atoms with van der Waals surface area (Å²) >= 11 is 7.15. The SMILES string of the molecule is Cc1cc(C)c2c(N)c(C(=O)Nc3ccc(Cl)cc3)sc2n1. The number of thiophene rings is 1. The van der Waals surface area contributed by atoms with Gasteiger partial charge in [-0.25, -0.2) is 4.98 Å². The number of aryl methyl sites for hydroxylation is 2. The van der Waals surface area contributed by atoms with Gasteiger partial charge in [0.15, 0.2) is 0 Å². The van der Waals surface area contributed by atoms with E-state index in [1.54, 1.807) is 24.3 Å². The average molecular weight is 332 g/mol. The van der Waals surface area contributed by atoms with E-state index < -0.39 is 0 Å². The molecule has 0 aliphatic carbocycles. The summed E-state index contributed by atoms with van der Waals surface area (Å²) in [5, 5.41) is 4.30. The van der Waals surface area contributed by atoms with Crippen molar-refractivity contribution < 1.29 is 4.79 Å². The smallest absolute Gasteiger partial charge is 0.267 e. The molecule has 112 valence electrons. The quantitative estimate of drug-likeness (QED) is 0.731. The van der Waals surface area contributed by atoms with E-state index in [-0.39, 0.29) is 5.91 Å². The summed E-state index contributed by atoms with van der Waals surface area (Å²) in [4.78, 5) is 18.2. The third-order valence-corrected chi connectivity index (χ3v) is 4.68. The number of fused-ring (bicyclic) bond motifs is 1. The Labute approximate surface area is 136 Å². The second-order valence-electron chi connectivity index (χ2n) is 5.07. The van der Waals surface area contributed by atoms with Crippen LogP contribution in [0, 0.1) is 13.8 Å². The van der Waals surface area contributed by atoms with Crippen LogP contribution >= 0.6 is 22.9 Å². The van der Waals surface area contributed by atoms with E-state index in [2.05, 4.69) is 10.3 Å². The van der Waals surface area contributed by atoms with Crippen molar-refractivity contribution >= 4 is 50.4 Å². The Kier molecular flexibility index (Phi) is 3.76. The summed E-state index contributed by atoms with van der Waals surface area (Å²) < 4.78 is 0. The summed E-state index contributed by atoms with van der Waals surface area (Å²) in [6.45, 7) is 3.90. The standard InChI is InChI=1S/C16H14ClN3OS/c1-8-7-9(2)19-16-12(8)13(18)14(22-16)15(21)20-11-5-3-10(17)4-6-11/h3-7H,18H2,1-2H3,(H,20,21). The van der Waals surface area contributed by atoms with E-state index in [1.165, 1.54) is 11.3 Å². The van der Waals surface area contributed by atoms with Crippen molar-refractivity contribution in [1.82, 2.24) is 4.98 Å². The topological polar surface area (TPSA) is 68.0 Å². The summed E-state index contributed by atoms with van der Waals surface area (Å²) in [6, 6.07) is 8.90. The maximum absolute atomic E-state index is 12.4. The van der Waals surface area contributed by atoms with Crippen molar-refractivity contribution in [3.05, 3.63) is 51.5 Å². The fourth-order valence-corrected chi connectivity index (χ4v) is 3.60. The second-order valence-corrected chi connectivity index (χ2v) is 6.50. The number of nitrogens with zero attached hydrogens (tertiary/aromatic N) is 1. The van der Waals surface area contributed by atoms with Crippen molar-refractivity contribution in [3.8, 4) is 0 Å². The van der Waals surface area contributed by atoms with Crippen LogP contribution in [0.1, 0.15) is 20.9 Å². The normalized spacial score (nSPS) is 10.9. The molecule has 0 unspecified atom stereocenters. The summed E-state index contributed by atoms with van der Waals surface area (Å²) in [5.74, 6) is -0.236. The molecule has 0 aliphatic rings. The number of amides is 1. The van der Waals surface area contributed by atoms with Gasteiger partial charge in [0, 0.05) is 21.8 Å². The minimum atomic E-state index is -0.236. The summed E-state index contributed by atoms with van der Waals surface area (Å²) in [6.07, 6.45) is 0. The molecule has 0 fully saturated rings. The lowest BCUT2D eigenvalue weighted by Gasteiger charge is -2.04. The molecule has 0 saturated heterocycles. The third kappa shape index (κ3) is 2.65. The number of pyridine rings is 1. The molecule has 0 spiro atoms. The molecule has 0 atom stereocenters. The highest BCUT2D eigenvalue weighted by atomic mass is 35.5. The average Bonchev–Trinajstić information content (AvgIpc) is 2.78. The molecule has 1 amide bonds. The Hall–Kier alpha value is -2.11. The lowest BCUT2D eigenvalue weighted by Crippen LogP contribution is -2.11. The lowest BCUT2D eigenvalue weighted by atomic mass is 10.1. The number of nitrogens with one attached hydrogen (secondary N) is 1. The van der Waals surface area contributed by atoms with E-state index >= 15 is 0 Å². The molecule has 1 aromatic carbocycles. The molecule has 0 bridgehead atoms. The third-order valence-electron chi connectivity index (χ3n) is 3.33. The predicted octanol–water partition coefficient (Wildman–Crippen LogP) is 4.40. The number of hydrogen-bond donors (Lipinski definition) is 2. The van der Waals surface area contributed by atoms with Crippen LogP contribution in [0.3, 0.4) is 0 Å². The van der Waals surface area contributed by atoms with Crippen molar-refractivity contribution in [3.63, 3.8) is 0 Å². The predicted molar refractivity (Wildman–Crippen MR) is 92.9 cm³/mol. The van der Waals surface area contributed by atoms with Gasteiger partial charge in [-0.3, -0.25) is 4.79 Å². The van der Waals surface area contributed by atoms with Crippen molar-refractivity contribution in [2.45, 2.75) is 13.8 Å². The van der Waals surface area contributed by atoms with E-state index in [4.69, 9.17) is 17.3 Å². The molecule has 3 rings (SSSR count). The number of benzene rings is 1. The van der Waals surface area contributed by atoms with Crippen LogP contribution in [-0.4, -0.2) is 10.9 Å². The van der Waals surface area contributed by atoms with E-state index in [1.807, 2.05) is 19.9 Å². The fraction of sp³-hybridized carbons (Fsp3) is 0.125. The zero-order chi connectivity index (χ0) is 15.9. The number of halogens is 1. The molecule has 6 heteroatoms. The van der Waals surface area contributed by atoms with Gasteiger partial charge in [-0.05, 0) is 49.7 Å². The van der Waals surface area contributed by atoms with Crippen LogP contribution in [0.15, 0.2) is 30.3 Å². The highest BCUT2D eigenvalue weighted by Crippen LogP contribution is 2.35. The largest absolute Gasteiger partial charge is 0.397 e. The maximum Gasteiger partial charge on any atom is 0.267 e. The van der Waals surface area contributed by atoms with Crippen molar-refractivity contribution in [2.24, 2.45) is 0 Å². The maximum atomic E-state index is 12.4. The number of aromatic nitrogens is 1. The number of anilines is 2.